The number of hydrogen-bond donors (Lipinski definition) is 0. The Morgan fingerprint density at radius 1 is 0.818 bits per heavy atom. The maximum atomic E-state index is 6.07. The highest BCUT2D eigenvalue weighted by Gasteiger charge is 2.26. The lowest BCUT2D eigenvalue weighted by atomic mass is 9.94. The second-order valence-electron chi connectivity index (χ2n) is 8.04. The van der Waals surface area contributed by atoms with E-state index in [1.54, 1.807) is 0 Å². The molecule has 0 saturated carbocycles. The minimum atomic E-state index is 0.591. The molecule has 5 aromatic rings. The molecule has 0 N–H and O–H groups in total. The van der Waals surface area contributed by atoms with Crippen LogP contribution in [0.1, 0.15) is 17.0 Å². The summed E-state index contributed by atoms with van der Waals surface area (Å²) in [6.45, 7) is 0. The Labute approximate surface area is 192 Å². The summed E-state index contributed by atoms with van der Waals surface area (Å²) in [6, 6.07) is 33.3. The highest BCUT2D eigenvalue weighted by atomic mass is 16.3. The predicted octanol–water partition coefficient (Wildman–Crippen LogP) is 6.39. The Hall–Kier alpha value is -4.44. The van der Waals surface area contributed by atoms with E-state index in [0.717, 1.165) is 45.0 Å². The monoisotopic (exact) mass is 428 g/mol. The maximum absolute atomic E-state index is 6.07. The molecule has 0 atom stereocenters. The van der Waals surface area contributed by atoms with Crippen molar-refractivity contribution < 1.29 is 8.98 Å². The zero-order valence-electron chi connectivity index (χ0n) is 18.2. The molecule has 0 saturated heterocycles. The van der Waals surface area contributed by atoms with Gasteiger partial charge in [-0.05, 0) is 47.5 Å². The summed E-state index contributed by atoms with van der Waals surface area (Å²) >= 11 is 0. The summed E-state index contributed by atoms with van der Waals surface area (Å²) < 4.78 is 8.04. The van der Waals surface area contributed by atoms with Gasteiger partial charge in [-0.2, -0.15) is 0 Å². The molecule has 2 aromatic heterocycles. The Morgan fingerprint density at radius 2 is 1.55 bits per heavy atom. The molecule has 1 aliphatic rings. The van der Waals surface area contributed by atoms with Crippen LogP contribution < -0.4 is 9.47 Å². The van der Waals surface area contributed by atoms with E-state index in [2.05, 4.69) is 83.8 Å². The number of fused-ring (bicyclic) bond motifs is 2. The number of aromatic nitrogens is 2. The zero-order chi connectivity index (χ0) is 22.2. The van der Waals surface area contributed by atoms with Crippen molar-refractivity contribution in [2.75, 3.05) is 4.90 Å². The van der Waals surface area contributed by atoms with Crippen molar-refractivity contribution in [2.45, 2.75) is 0 Å². The third-order valence-corrected chi connectivity index (χ3v) is 5.89. The quantitative estimate of drug-likeness (QED) is 0.312. The largest absolute Gasteiger partial charge is 0.411 e. The zero-order valence-corrected chi connectivity index (χ0v) is 18.2. The number of allylic oxidation sites excluding steroid dienone is 2. The van der Waals surface area contributed by atoms with E-state index in [1.165, 1.54) is 0 Å². The lowest BCUT2D eigenvalue weighted by molar-refractivity contribution is -0.646. The average molecular weight is 429 g/mol. The van der Waals surface area contributed by atoms with Crippen LogP contribution in [-0.4, -0.2) is 4.98 Å². The number of aryl methyl sites for hydroxylation is 1. The maximum Gasteiger partial charge on any atom is 0.370 e. The molecule has 4 nitrogen and oxygen atoms in total. The first-order valence-electron chi connectivity index (χ1n) is 11.0. The molecular weight excluding hydrogens is 406 g/mol. The second kappa shape index (κ2) is 7.92. The first-order chi connectivity index (χ1) is 16.3. The smallest absolute Gasteiger partial charge is 0.370 e. The number of pyridine rings is 1. The lowest BCUT2D eigenvalue weighted by Crippen LogP contribution is -2.28. The van der Waals surface area contributed by atoms with Crippen molar-refractivity contribution in [1.29, 1.82) is 0 Å². The number of anilines is 2. The molecule has 158 valence electrons. The molecule has 0 radical (unpaired) electrons. The Kier molecular flexibility index (Phi) is 4.62. The van der Waals surface area contributed by atoms with E-state index in [1.807, 2.05) is 48.2 Å². The number of para-hydroxylation sites is 2. The molecule has 0 amide bonds. The van der Waals surface area contributed by atoms with E-state index in [4.69, 9.17) is 9.40 Å². The predicted molar refractivity (Wildman–Crippen MR) is 132 cm³/mol. The molecule has 33 heavy (non-hydrogen) atoms. The number of hydrogen-bond acceptors (Lipinski definition) is 3. The first kappa shape index (κ1) is 19.3. The van der Waals surface area contributed by atoms with Gasteiger partial charge in [0.05, 0.1) is 24.6 Å². The summed E-state index contributed by atoms with van der Waals surface area (Å²) in [5, 5.41) is 0. The SMILES string of the molecule is C[n+]1cccc2oc(C=C3C=C(c4ccccc4)N(c4ccccc4)c4ccccc43)nc21. The highest BCUT2D eigenvalue weighted by Crippen LogP contribution is 2.44. The van der Waals surface area contributed by atoms with Crippen LogP contribution in [0.3, 0.4) is 0 Å². The molecule has 6 rings (SSSR count). The van der Waals surface area contributed by atoms with E-state index >= 15 is 0 Å². The number of benzene rings is 3. The van der Waals surface area contributed by atoms with Crippen molar-refractivity contribution in [1.82, 2.24) is 4.98 Å². The Bertz CT molecular complexity index is 1510. The lowest BCUT2D eigenvalue weighted by Gasteiger charge is -2.34. The van der Waals surface area contributed by atoms with Crippen molar-refractivity contribution in [3.05, 3.63) is 126 Å². The van der Waals surface area contributed by atoms with Crippen LogP contribution in [0.25, 0.3) is 28.6 Å². The molecule has 4 heteroatoms. The van der Waals surface area contributed by atoms with Gasteiger partial charge in [0.15, 0.2) is 0 Å². The fraction of sp³-hybridized carbons (Fsp3) is 0.0345. The van der Waals surface area contributed by atoms with Crippen LogP contribution in [0.5, 0.6) is 0 Å². The Morgan fingerprint density at radius 3 is 2.33 bits per heavy atom. The van der Waals surface area contributed by atoms with Crippen LogP contribution in [0.15, 0.2) is 114 Å². The minimum absolute atomic E-state index is 0.591. The van der Waals surface area contributed by atoms with Gasteiger partial charge in [-0.25, -0.2) is 4.57 Å². The molecule has 3 heterocycles. The van der Waals surface area contributed by atoms with Crippen LogP contribution in [0.2, 0.25) is 0 Å². The first-order valence-corrected chi connectivity index (χ1v) is 11.0. The summed E-state index contributed by atoms with van der Waals surface area (Å²) in [7, 11) is 1.98. The fourth-order valence-corrected chi connectivity index (χ4v) is 4.35. The van der Waals surface area contributed by atoms with Crippen LogP contribution >= 0.6 is 0 Å². The van der Waals surface area contributed by atoms with Gasteiger partial charge >= 0.3 is 11.5 Å². The summed E-state index contributed by atoms with van der Waals surface area (Å²) in [5.74, 6) is 0.591. The van der Waals surface area contributed by atoms with Crippen molar-refractivity contribution in [3.63, 3.8) is 0 Å². The molecule has 0 unspecified atom stereocenters. The van der Waals surface area contributed by atoms with Crippen LogP contribution in [-0.2, 0) is 7.05 Å². The molecule has 1 aliphatic heterocycles. The summed E-state index contributed by atoms with van der Waals surface area (Å²) in [4.78, 5) is 7.04. The number of rotatable bonds is 3. The van der Waals surface area contributed by atoms with Gasteiger partial charge < -0.3 is 9.32 Å². The molecular formula is C29H22N3O+. The van der Waals surface area contributed by atoms with E-state index in [0.29, 0.717) is 5.89 Å². The van der Waals surface area contributed by atoms with Gasteiger partial charge in [0.1, 0.15) is 0 Å². The topological polar surface area (TPSA) is 33.1 Å². The second-order valence-corrected chi connectivity index (χ2v) is 8.04. The average Bonchev–Trinajstić information content (AvgIpc) is 3.29. The van der Waals surface area contributed by atoms with Crippen molar-refractivity contribution in [2.24, 2.45) is 7.05 Å². The number of oxazole rings is 1. The highest BCUT2D eigenvalue weighted by molar-refractivity contribution is 6.06. The molecule has 0 bridgehead atoms. The van der Waals surface area contributed by atoms with E-state index in [9.17, 15) is 0 Å². The third-order valence-electron chi connectivity index (χ3n) is 5.89. The van der Waals surface area contributed by atoms with E-state index < -0.39 is 0 Å². The normalized spacial score (nSPS) is 14.4. The third kappa shape index (κ3) is 3.42. The van der Waals surface area contributed by atoms with Gasteiger partial charge in [0.2, 0.25) is 5.58 Å². The fourth-order valence-electron chi connectivity index (χ4n) is 4.35. The molecule has 0 fully saturated rings. The van der Waals surface area contributed by atoms with Gasteiger partial charge in [-0.1, -0.05) is 66.7 Å². The van der Waals surface area contributed by atoms with E-state index in [-0.39, 0.29) is 0 Å². The summed E-state index contributed by atoms with van der Waals surface area (Å²) in [5.41, 5.74) is 8.28. The van der Waals surface area contributed by atoms with Gasteiger partial charge in [-0.3, -0.25) is 0 Å². The van der Waals surface area contributed by atoms with Crippen LogP contribution in [0, 0.1) is 0 Å². The molecule has 0 aliphatic carbocycles. The minimum Gasteiger partial charge on any atom is -0.411 e. The van der Waals surface area contributed by atoms with Gasteiger partial charge in [0.25, 0.3) is 0 Å². The van der Waals surface area contributed by atoms with Crippen molar-refractivity contribution in [3.8, 4) is 0 Å². The van der Waals surface area contributed by atoms with Crippen molar-refractivity contribution >= 4 is 40.0 Å². The molecule has 3 aromatic carbocycles. The van der Waals surface area contributed by atoms with Gasteiger partial charge in [0, 0.05) is 22.3 Å². The van der Waals surface area contributed by atoms with Crippen LogP contribution in [0.4, 0.5) is 11.4 Å². The standard InChI is InChI=1S/C29H22N3O/c1-31-18-10-17-27-29(31)30-28(33-27)20-22-19-26(21-11-4-2-5-12-21)32(23-13-6-3-7-14-23)25-16-9-8-15-24(22)25/h2-20H,1H3/q+1. The van der Waals surface area contributed by atoms with Gasteiger partial charge in [-0.15, -0.1) is 0 Å². The summed E-state index contributed by atoms with van der Waals surface area (Å²) in [6.07, 6.45) is 6.23. The Balaban J connectivity index is 1.58. The number of nitrogens with zero attached hydrogens (tertiary/aromatic N) is 3. The molecule has 0 spiro atoms.